The van der Waals surface area contributed by atoms with Crippen molar-refractivity contribution in [1.82, 2.24) is 20.5 Å². The summed E-state index contributed by atoms with van der Waals surface area (Å²) in [5, 5.41) is 5.84. The van der Waals surface area contributed by atoms with Crippen molar-refractivity contribution in [3.8, 4) is 5.75 Å². The van der Waals surface area contributed by atoms with E-state index in [1.165, 1.54) is 0 Å². The molecule has 0 saturated carbocycles. The molecule has 3 aliphatic rings. The molecule has 29 heavy (non-hydrogen) atoms. The number of nitrogens with zero attached hydrogens (tertiary/aromatic N) is 2. The third-order valence-electron chi connectivity index (χ3n) is 5.60. The second-order valence-electron chi connectivity index (χ2n) is 7.91. The summed E-state index contributed by atoms with van der Waals surface area (Å²) in [6, 6.07) is 3.04. The first-order chi connectivity index (χ1) is 14.0. The van der Waals surface area contributed by atoms with Crippen LogP contribution in [0.4, 0.5) is 4.79 Å². The van der Waals surface area contributed by atoms with Gasteiger partial charge in [-0.2, -0.15) is 0 Å². The Hall–Kier alpha value is -2.39. The van der Waals surface area contributed by atoms with Crippen LogP contribution < -0.4 is 15.4 Å². The number of carbonyl (C=O) groups is 2. The number of ether oxygens (including phenoxy) is 3. The van der Waals surface area contributed by atoms with Crippen molar-refractivity contribution in [3.63, 3.8) is 0 Å². The molecule has 4 rings (SSSR count). The lowest BCUT2D eigenvalue weighted by molar-refractivity contribution is -0.127. The lowest BCUT2D eigenvalue weighted by Gasteiger charge is -2.23. The SMILES string of the molecule is Cc1ncccc1O[C@H]1CO[C@H]2[C@@H]1OC[C@@H]2NC(=O)NC(C)CN1CCCC1=O. The quantitative estimate of drug-likeness (QED) is 0.721. The Labute approximate surface area is 170 Å². The van der Waals surface area contributed by atoms with Gasteiger partial charge in [-0.05, 0) is 32.4 Å². The third-order valence-corrected chi connectivity index (χ3v) is 5.60. The van der Waals surface area contributed by atoms with Crippen LogP contribution in [0.25, 0.3) is 0 Å². The highest BCUT2D eigenvalue weighted by molar-refractivity contribution is 5.78. The average Bonchev–Trinajstić information content (AvgIpc) is 3.37. The standard InChI is InChI=1S/C20H28N4O5/c1-12(9-24-8-4-6-17(24)25)22-20(26)23-14-10-27-19-16(11-28-18(14)19)29-15-5-3-7-21-13(15)2/h3,5,7,12,14,16,18-19H,4,6,8-11H2,1-2H3,(H2,22,23,26)/t12?,14-,16-,18+,19+/m0/s1. The predicted molar refractivity (Wildman–Crippen MR) is 104 cm³/mol. The molecule has 1 aromatic rings. The van der Waals surface area contributed by atoms with Crippen LogP contribution in [0.5, 0.6) is 5.75 Å². The van der Waals surface area contributed by atoms with Gasteiger partial charge in [0.2, 0.25) is 5.91 Å². The Balaban J connectivity index is 1.26. The summed E-state index contributed by atoms with van der Waals surface area (Å²) in [7, 11) is 0. The Bertz CT molecular complexity index is 760. The van der Waals surface area contributed by atoms with Crippen LogP contribution >= 0.6 is 0 Å². The minimum absolute atomic E-state index is 0.135. The van der Waals surface area contributed by atoms with E-state index < -0.39 is 0 Å². The molecule has 2 N–H and O–H groups in total. The molecule has 9 nitrogen and oxygen atoms in total. The van der Waals surface area contributed by atoms with Gasteiger partial charge in [0, 0.05) is 31.7 Å². The molecule has 3 amide bonds. The van der Waals surface area contributed by atoms with Crippen LogP contribution in [0.15, 0.2) is 18.3 Å². The highest BCUT2D eigenvalue weighted by atomic mass is 16.6. The molecule has 0 aliphatic carbocycles. The van der Waals surface area contributed by atoms with E-state index >= 15 is 0 Å². The topological polar surface area (TPSA) is 102 Å². The zero-order chi connectivity index (χ0) is 20.4. The molecule has 5 atom stereocenters. The molecule has 3 aliphatic heterocycles. The van der Waals surface area contributed by atoms with Crippen LogP contribution in [0.2, 0.25) is 0 Å². The monoisotopic (exact) mass is 404 g/mol. The molecule has 1 unspecified atom stereocenters. The zero-order valence-electron chi connectivity index (χ0n) is 16.8. The minimum atomic E-state index is -0.283. The fourth-order valence-corrected chi connectivity index (χ4v) is 4.15. The number of likely N-dealkylation sites (tertiary alicyclic amines) is 1. The Kier molecular flexibility index (Phi) is 5.86. The van der Waals surface area contributed by atoms with Crippen LogP contribution in [-0.4, -0.2) is 78.5 Å². The molecule has 0 bridgehead atoms. The molecule has 3 saturated heterocycles. The van der Waals surface area contributed by atoms with Gasteiger partial charge in [-0.15, -0.1) is 0 Å². The number of rotatable bonds is 6. The van der Waals surface area contributed by atoms with Crippen LogP contribution in [0.3, 0.4) is 0 Å². The number of nitrogens with one attached hydrogen (secondary N) is 2. The van der Waals surface area contributed by atoms with E-state index in [4.69, 9.17) is 14.2 Å². The molecule has 0 radical (unpaired) electrons. The van der Waals surface area contributed by atoms with Gasteiger partial charge in [-0.3, -0.25) is 9.78 Å². The molecule has 0 aromatic carbocycles. The Morgan fingerprint density at radius 2 is 2.21 bits per heavy atom. The van der Waals surface area contributed by atoms with Gasteiger partial charge in [0.15, 0.2) is 6.10 Å². The first-order valence-electron chi connectivity index (χ1n) is 10.2. The van der Waals surface area contributed by atoms with Crippen molar-refractivity contribution in [2.24, 2.45) is 0 Å². The van der Waals surface area contributed by atoms with Gasteiger partial charge < -0.3 is 29.7 Å². The molecule has 1 aromatic heterocycles. The molecular formula is C20H28N4O5. The van der Waals surface area contributed by atoms with Gasteiger partial charge in [0.1, 0.15) is 18.0 Å². The fraction of sp³-hybridized carbons (Fsp3) is 0.650. The molecule has 158 valence electrons. The third kappa shape index (κ3) is 4.45. The predicted octanol–water partition coefficient (Wildman–Crippen LogP) is 0.614. The van der Waals surface area contributed by atoms with E-state index in [-0.39, 0.29) is 42.3 Å². The van der Waals surface area contributed by atoms with Crippen LogP contribution in [0, 0.1) is 6.92 Å². The van der Waals surface area contributed by atoms with Crippen LogP contribution in [0.1, 0.15) is 25.5 Å². The number of amides is 3. The minimum Gasteiger partial charge on any atom is -0.483 e. The van der Waals surface area contributed by atoms with Crippen molar-refractivity contribution in [1.29, 1.82) is 0 Å². The summed E-state index contributed by atoms with van der Waals surface area (Å²) in [6.45, 7) is 5.84. The van der Waals surface area contributed by atoms with Crippen molar-refractivity contribution in [2.75, 3.05) is 26.3 Å². The van der Waals surface area contributed by atoms with Gasteiger partial charge in [-0.1, -0.05) is 0 Å². The van der Waals surface area contributed by atoms with E-state index in [2.05, 4.69) is 15.6 Å². The normalized spacial score (nSPS) is 29.6. The number of aryl methyl sites for hydroxylation is 1. The van der Waals surface area contributed by atoms with Crippen molar-refractivity contribution < 1.29 is 23.8 Å². The number of carbonyl (C=O) groups excluding carboxylic acids is 2. The van der Waals surface area contributed by atoms with Gasteiger partial charge in [0.05, 0.1) is 24.9 Å². The maximum Gasteiger partial charge on any atom is 0.315 e. The lowest BCUT2D eigenvalue weighted by atomic mass is 10.1. The maximum atomic E-state index is 12.4. The number of hydrogen-bond acceptors (Lipinski definition) is 6. The summed E-state index contributed by atoms with van der Waals surface area (Å²) in [5.74, 6) is 0.866. The summed E-state index contributed by atoms with van der Waals surface area (Å²) in [4.78, 5) is 30.2. The second-order valence-corrected chi connectivity index (χ2v) is 7.91. The second kappa shape index (κ2) is 8.54. The largest absolute Gasteiger partial charge is 0.483 e. The summed E-state index contributed by atoms with van der Waals surface area (Å²) < 4.78 is 17.8. The van der Waals surface area contributed by atoms with E-state index in [9.17, 15) is 9.59 Å². The first kappa shape index (κ1) is 19.9. The van der Waals surface area contributed by atoms with Crippen molar-refractivity contribution in [2.45, 2.75) is 57.1 Å². The van der Waals surface area contributed by atoms with E-state index in [1.54, 1.807) is 11.1 Å². The molecular weight excluding hydrogens is 376 g/mol. The Morgan fingerprint density at radius 3 is 2.97 bits per heavy atom. The van der Waals surface area contributed by atoms with Crippen molar-refractivity contribution >= 4 is 11.9 Å². The van der Waals surface area contributed by atoms with Gasteiger partial charge in [-0.25, -0.2) is 4.79 Å². The zero-order valence-corrected chi connectivity index (χ0v) is 16.8. The highest BCUT2D eigenvalue weighted by Gasteiger charge is 2.49. The van der Waals surface area contributed by atoms with E-state index in [0.29, 0.717) is 31.9 Å². The lowest BCUT2D eigenvalue weighted by Crippen LogP contribution is -2.52. The molecule has 4 heterocycles. The van der Waals surface area contributed by atoms with Gasteiger partial charge >= 0.3 is 6.03 Å². The number of aromatic nitrogens is 1. The average molecular weight is 404 g/mol. The number of hydrogen-bond donors (Lipinski definition) is 2. The maximum absolute atomic E-state index is 12.4. The van der Waals surface area contributed by atoms with Crippen LogP contribution in [-0.2, 0) is 14.3 Å². The molecule has 9 heteroatoms. The van der Waals surface area contributed by atoms with Gasteiger partial charge in [0.25, 0.3) is 0 Å². The first-order valence-corrected chi connectivity index (χ1v) is 10.2. The summed E-state index contributed by atoms with van der Waals surface area (Å²) in [6.07, 6.45) is 2.48. The molecule has 3 fully saturated rings. The van der Waals surface area contributed by atoms with E-state index in [1.807, 2.05) is 26.0 Å². The number of fused-ring (bicyclic) bond motifs is 1. The summed E-state index contributed by atoms with van der Waals surface area (Å²) in [5.41, 5.74) is 0.813. The summed E-state index contributed by atoms with van der Waals surface area (Å²) >= 11 is 0. The smallest absolute Gasteiger partial charge is 0.315 e. The Morgan fingerprint density at radius 1 is 1.38 bits per heavy atom. The van der Waals surface area contributed by atoms with E-state index in [0.717, 1.165) is 18.7 Å². The molecule has 0 spiro atoms. The number of urea groups is 1. The van der Waals surface area contributed by atoms with Crippen molar-refractivity contribution in [3.05, 3.63) is 24.0 Å². The number of pyridine rings is 1. The fourth-order valence-electron chi connectivity index (χ4n) is 4.15. The highest BCUT2D eigenvalue weighted by Crippen LogP contribution is 2.30.